The number of pyridine rings is 1. The number of nitrogens with zero attached hydrogens (tertiary/aromatic N) is 2. The molecule has 3 aromatic rings. The maximum absolute atomic E-state index is 12.8. The number of anilines is 1. The highest BCUT2D eigenvalue weighted by molar-refractivity contribution is 5.97. The topological polar surface area (TPSA) is 50.3 Å². The molecule has 2 aromatic carbocycles. The monoisotopic (exact) mass is 414 g/mol. The molecule has 0 N–H and O–H groups in total. The van der Waals surface area contributed by atoms with Gasteiger partial charge < -0.3 is 4.90 Å². The second-order valence-corrected chi connectivity index (χ2v) is 8.00. The molecule has 0 aliphatic heterocycles. The molecule has 0 aliphatic rings. The van der Waals surface area contributed by atoms with Gasteiger partial charge in [0, 0.05) is 42.5 Å². The first-order chi connectivity index (χ1) is 14.8. The molecule has 0 spiro atoms. The molecule has 31 heavy (non-hydrogen) atoms. The molecule has 0 aliphatic carbocycles. The Morgan fingerprint density at radius 2 is 1.65 bits per heavy atom. The van der Waals surface area contributed by atoms with Gasteiger partial charge in [0.1, 0.15) is 0 Å². The SMILES string of the molecule is CCC(=O)N(C)c1ccc(-c2ccc(C(=O)CCc3ccc(C)nc3C)cc2C)cc1. The van der Waals surface area contributed by atoms with Gasteiger partial charge in [0.2, 0.25) is 5.91 Å². The normalized spacial score (nSPS) is 10.7. The fourth-order valence-electron chi connectivity index (χ4n) is 3.78. The van der Waals surface area contributed by atoms with Gasteiger partial charge in [-0.15, -0.1) is 0 Å². The summed E-state index contributed by atoms with van der Waals surface area (Å²) in [5.74, 6) is 0.230. The molecule has 0 radical (unpaired) electrons. The number of rotatable bonds is 7. The van der Waals surface area contributed by atoms with Crippen molar-refractivity contribution in [2.24, 2.45) is 0 Å². The van der Waals surface area contributed by atoms with Crippen molar-refractivity contribution in [3.05, 3.63) is 82.7 Å². The van der Waals surface area contributed by atoms with E-state index in [4.69, 9.17) is 0 Å². The van der Waals surface area contributed by atoms with Crippen LogP contribution in [0.25, 0.3) is 11.1 Å². The Labute approximate surface area is 184 Å². The molecule has 3 rings (SSSR count). The van der Waals surface area contributed by atoms with Gasteiger partial charge in [-0.1, -0.05) is 37.3 Å². The quantitative estimate of drug-likeness (QED) is 0.455. The van der Waals surface area contributed by atoms with Crippen LogP contribution in [0.2, 0.25) is 0 Å². The molecule has 4 heteroatoms. The van der Waals surface area contributed by atoms with Crippen LogP contribution in [0.4, 0.5) is 5.69 Å². The zero-order chi connectivity index (χ0) is 22.5. The number of aryl methyl sites for hydroxylation is 4. The molecule has 1 aromatic heterocycles. The highest BCUT2D eigenvalue weighted by Crippen LogP contribution is 2.27. The van der Waals surface area contributed by atoms with Crippen LogP contribution in [0, 0.1) is 20.8 Å². The average molecular weight is 415 g/mol. The summed E-state index contributed by atoms with van der Waals surface area (Å²) in [4.78, 5) is 30.8. The third kappa shape index (κ3) is 5.26. The summed E-state index contributed by atoms with van der Waals surface area (Å²) in [7, 11) is 1.79. The summed E-state index contributed by atoms with van der Waals surface area (Å²) >= 11 is 0. The van der Waals surface area contributed by atoms with Crippen LogP contribution >= 0.6 is 0 Å². The van der Waals surface area contributed by atoms with Crippen molar-refractivity contribution >= 4 is 17.4 Å². The van der Waals surface area contributed by atoms with Gasteiger partial charge in [-0.3, -0.25) is 14.6 Å². The minimum atomic E-state index is 0.0865. The minimum absolute atomic E-state index is 0.0865. The first-order valence-corrected chi connectivity index (χ1v) is 10.7. The number of hydrogen-bond acceptors (Lipinski definition) is 3. The van der Waals surface area contributed by atoms with E-state index in [1.54, 1.807) is 11.9 Å². The number of hydrogen-bond donors (Lipinski definition) is 0. The predicted octanol–water partition coefficient (Wildman–Crippen LogP) is 5.86. The van der Waals surface area contributed by atoms with Crippen molar-refractivity contribution in [3.8, 4) is 11.1 Å². The number of Topliss-reactive ketones (excluding diaryl/α,β-unsaturated/α-hetero) is 1. The summed E-state index contributed by atoms with van der Waals surface area (Å²) in [6.07, 6.45) is 1.65. The van der Waals surface area contributed by atoms with Gasteiger partial charge >= 0.3 is 0 Å². The summed E-state index contributed by atoms with van der Waals surface area (Å²) in [6, 6.07) is 17.9. The molecule has 0 saturated heterocycles. The highest BCUT2D eigenvalue weighted by atomic mass is 16.2. The Morgan fingerprint density at radius 1 is 0.935 bits per heavy atom. The van der Waals surface area contributed by atoms with E-state index < -0.39 is 0 Å². The smallest absolute Gasteiger partial charge is 0.226 e. The fourth-order valence-corrected chi connectivity index (χ4v) is 3.78. The Morgan fingerprint density at radius 3 is 2.26 bits per heavy atom. The number of amides is 1. The van der Waals surface area contributed by atoms with Crippen molar-refractivity contribution in [1.82, 2.24) is 4.98 Å². The number of carbonyl (C=O) groups is 2. The largest absolute Gasteiger partial charge is 0.316 e. The van der Waals surface area contributed by atoms with Crippen LogP contribution in [0.1, 0.15) is 52.6 Å². The van der Waals surface area contributed by atoms with Crippen LogP contribution in [-0.2, 0) is 11.2 Å². The van der Waals surface area contributed by atoms with Crippen molar-refractivity contribution in [3.63, 3.8) is 0 Å². The van der Waals surface area contributed by atoms with E-state index in [2.05, 4.69) is 11.1 Å². The van der Waals surface area contributed by atoms with Gasteiger partial charge in [-0.2, -0.15) is 0 Å². The molecule has 160 valence electrons. The fraction of sp³-hybridized carbons (Fsp3) is 0.296. The lowest BCUT2D eigenvalue weighted by Crippen LogP contribution is -2.24. The highest BCUT2D eigenvalue weighted by Gasteiger charge is 2.12. The van der Waals surface area contributed by atoms with E-state index >= 15 is 0 Å². The summed E-state index contributed by atoms with van der Waals surface area (Å²) < 4.78 is 0. The number of carbonyl (C=O) groups excluding carboxylic acids is 2. The standard InChI is InChI=1S/C27H30N2O2/c1-6-27(31)29(5)24-13-9-22(10-14-24)25-15-11-23(17-18(25)2)26(30)16-12-21-8-7-19(3)28-20(21)4/h7-11,13-15,17H,6,12,16H2,1-5H3. The first-order valence-electron chi connectivity index (χ1n) is 10.7. The molecule has 0 unspecified atom stereocenters. The maximum atomic E-state index is 12.8. The molecule has 0 atom stereocenters. The van der Waals surface area contributed by atoms with E-state index in [0.717, 1.165) is 44.9 Å². The van der Waals surface area contributed by atoms with Gasteiger partial charge in [-0.05, 0) is 73.7 Å². The lowest BCUT2D eigenvalue weighted by atomic mass is 9.95. The van der Waals surface area contributed by atoms with Crippen LogP contribution in [0.15, 0.2) is 54.6 Å². The molecule has 0 saturated carbocycles. The molecule has 1 amide bonds. The second kappa shape index (κ2) is 9.69. The second-order valence-electron chi connectivity index (χ2n) is 8.00. The Bertz CT molecular complexity index is 1100. The van der Waals surface area contributed by atoms with Crippen LogP contribution < -0.4 is 4.90 Å². The number of ketones is 1. The summed E-state index contributed by atoms with van der Waals surface area (Å²) in [5, 5.41) is 0. The maximum Gasteiger partial charge on any atom is 0.226 e. The Kier molecular flexibility index (Phi) is 7.01. The first kappa shape index (κ1) is 22.4. The zero-order valence-corrected chi connectivity index (χ0v) is 19.0. The molecule has 1 heterocycles. The lowest BCUT2D eigenvalue weighted by Gasteiger charge is -2.17. The summed E-state index contributed by atoms with van der Waals surface area (Å²) in [6.45, 7) is 7.86. The number of benzene rings is 2. The van der Waals surface area contributed by atoms with Crippen LogP contribution in [-0.4, -0.2) is 23.7 Å². The van der Waals surface area contributed by atoms with Crippen LogP contribution in [0.5, 0.6) is 0 Å². The van der Waals surface area contributed by atoms with E-state index in [9.17, 15) is 9.59 Å². The summed E-state index contributed by atoms with van der Waals surface area (Å²) in [5.41, 5.74) is 7.95. The Hall–Kier alpha value is -3.27. The predicted molar refractivity (Wildman–Crippen MR) is 127 cm³/mol. The molecular formula is C27H30N2O2. The Balaban J connectivity index is 1.72. The molecular weight excluding hydrogens is 384 g/mol. The third-order valence-corrected chi connectivity index (χ3v) is 5.75. The number of aromatic nitrogens is 1. The zero-order valence-electron chi connectivity index (χ0n) is 19.0. The van der Waals surface area contributed by atoms with Crippen molar-refractivity contribution < 1.29 is 9.59 Å². The molecule has 0 bridgehead atoms. The van der Waals surface area contributed by atoms with Crippen molar-refractivity contribution in [2.45, 2.75) is 47.0 Å². The van der Waals surface area contributed by atoms with Gasteiger partial charge in [0.05, 0.1) is 0 Å². The van der Waals surface area contributed by atoms with Crippen LogP contribution in [0.3, 0.4) is 0 Å². The van der Waals surface area contributed by atoms with E-state index in [1.807, 2.05) is 76.2 Å². The molecule has 4 nitrogen and oxygen atoms in total. The van der Waals surface area contributed by atoms with Crippen molar-refractivity contribution in [1.29, 1.82) is 0 Å². The van der Waals surface area contributed by atoms with E-state index in [0.29, 0.717) is 19.3 Å². The van der Waals surface area contributed by atoms with Gasteiger partial charge in [-0.25, -0.2) is 0 Å². The third-order valence-electron chi connectivity index (χ3n) is 5.75. The van der Waals surface area contributed by atoms with Crippen molar-refractivity contribution in [2.75, 3.05) is 11.9 Å². The average Bonchev–Trinajstić information content (AvgIpc) is 2.77. The minimum Gasteiger partial charge on any atom is -0.316 e. The van der Waals surface area contributed by atoms with E-state index in [1.165, 1.54) is 0 Å². The van der Waals surface area contributed by atoms with Gasteiger partial charge in [0.25, 0.3) is 0 Å². The van der Waals surface area contributed by atoms with Gasteiger partial charge in [0.15, 0.2) is 5.78 Å². The molecule has 0 fully saturated rings. The van der Waals surface area contributed by atoms with E-state index in [-0.39, 0.29) is 11.7 Å². The lowest BCUT2D eigenvalue weighted by molar-refractivity contribution is -0.118.